The zero-order chi connectivity index (χ0) is 15.5. The fourth-order valence-corrected chi connectivity index (χ4v) is 2.87. The Hall–Kier alpha value is -1.75. The van der Waals surface area contributed by atoms with Crippen LogP contribution >= 0.6 is 23.2 Å². The minimum atomic E-state index is -0.314. The van der Waals surface area contributed by atoms with Gasteiger partial charge >= 0.3 is 0 Å². The van der Waals surface area contributed by atoms with Crippen LogP contribution in [0, 0.1) is 0 Å². The van der Waals surface area contributed by atoms with E-state index in [1.54, 1.807) is 18.2 Å². The van der Waals surface area contributed by atoms with Crippen molar-refractivity contribution in [1.82, 2.24) is 5.32 Å². The Morgan fingerprint density at radius 1 is 1.14 bits per heavy atom. The summed E-state index contributed by atoms with van der Waals surface area (Å²) >= 11 is 12.1. The van der Waals surface area contributed by atoms with Crippen molar-refractivity contribution in [2.24, 2.45) is 0 Å². The molecule has 0 saturated heterocycles. The van der Waals surface area contributed by atoms with Gasteiger partial charge in [-0.25, -0.2) is 0 Å². The lowest BCUT2D eigenvalue weighted by Crippen LogP contribution is -2.25. The molecular formula is C16H13Cl2NO3. The molecule has 6 heteroatoms. The lowest BCUT2D eigenvalue weighted by Gasteiger charge is -2.20. The molecule has 2 aromatic rings. The monoisotopic (exact) mass is 337 g/mol. The summed E-state index contributed by atoms with van der Waals surface area (Å²) in [6.07, 6.45) is 0. The predicted molar refractivity (Wildman–Crippen MR) is 84.4 cm³/mol. The van der Waals surface area contributed by atoms with Gasteiger partial charge < -0.3 is 14.8 Å². The van der Waals surface area contributed by atoms with E-state index >= 15 is 0 Å². The Morgan fingerprint density at radius 2 is 1.86 bits per heavy atom. The molecule has 0 unspecified atom stereocenters. The van der Waals surface area contributed by atoms with Gasteiger partial charge in [-0.05, 0) is 23.8 Å². The van der Waals surface area contributed by atoms with Gasteiger partial charge in [-0.2, -0.15) is 0 Å². The molecule has 0 saturated carbocycles. The molecule has 22 heavy (non-hydrogen) atoms. The van der Waals surface area contributed by atoms with Crippen LogP contribution in [0.1, 0.15) is 21.5 Å². The van der Waals surface area contributed by atoms with Gasteiger partial charge in [-0.3, -0.25) is 4.79 Å². The van der Waals surface area contributed by atoms with Crippen LogP contribution in [0.4, 0.5) is 0 Å². The van der Waals surface area contributed by atoms with E-state index in [0.717, 1.165) is 16.9 Å². The van der Waals surface area contributed by atoms with Gasteiger partial charge in [0.15, 0.2) is 6.79 Å². The smallest absolute Gasteiger partial charge is 0.254 e. The summed E-state index contributed by atoms with van der Waals surface area (Å²) in [7, 11) is 0. The molecular weight excluding hydrogens is 325 g/mol. The largest absolute Gasteiger partial charge is 0.467 e. The molecule has 114 valence electrons. The summed E-state index contributed by atoms with van der Waals surface area (Å²) in [6.45, 7) is 1.06. The number of carbonyl (C=O) groups is 1. The second kappa shape index (κ2) is 6.57. The summed E-state index contributed by atoms with van der Waals surface area (Å²) in [5, 5.41) is 3.48. The van der Waals surface area contributed by atoms with E-state index in [9.17, 15) is 4.79 Å². The molecule has 0 bridgehead atoms. The van der Waals surface area contributed by atoms with E-state index in [2.05, 4.69) is 5.32 Å². The standard InChI is InChI=1S/C16H13Cl2NO3/c17-12-4-2-5-13(18)15(12)16(20)19-7-10-3-1-6-14-11(10)8-21-9-22-14/h1-6H,7-9H2,(H,19,20). The third-order valence-electron chi connectivity index (χ3n) is 3.40. The van der Waals surface area contributed by atoms with Crippen LogP contribution in [0.3, 0.4) is 0 Å². The molecule has 0 atom stereocenters. The first kappa shape index (κ1) is 15.2. The van der Waals surface area contributed by atoms with E-state index in [1.165, 1.54) is 0 Å². The number of rotatable bonds is 3. The zero-order valence-electron chi connectivity index (χ0n) is 11.6. The second-order valence-corrected chi connectivity index (χ2v) is 5.60. The number of hydrogen-bond acceptors (Lipinski definition) is 3. The van der Waals surface area contributed by atoms with Crippen LogP contribution in [0.5, 0.6) is 5.75 Å². The number of fused-ring (bicyclic) bond motifs is 1. The first-order chi connectivity index (χ1) is 10.7. The van der Waals surface area contributed by atoms with Crippen molar-refractivity contribution >= 4 is 29.1 Å². The summed E-state index contributed by atoms with van der Waals surface area (Å²) in [5.41, 5.74) is 2.16. The molecule has 1 amide bonds. The predicted octanol–water partition coefficient (Wildman–Crippen LogP) is 3.79. The van der Waals surface area contributed by atoms with Crippen molar-refractivity contribution in [2.75, 3.05) is 6.79 Å². The Morgan fingerprint density at radius 3 is 2.64 bits per heavy atom. The van der Waals surface area contributed by atoms with Crippen LogP contribution in [0.25, 0.3) is 0 Å². The molecule has 0 radical (unpaired) electrons. The van der Waals surface area contributed by atoms with Crippen LogP contribution < -0.4 is 10.1 Å². The molecule has 0 fully saturated rings. The highest BCUT2D eigenvalue weighted by molar-refractivity contribution is 6.39. The lowest BCUT2D eigenvalue weighted by atomic mass is 10.1. The molecule has 1 heterocycles. The Balaban J connectivity index is 1.77. The SMILES string of the molecule is O=C(NCc1cccc2c1COCO2)c1c(Cl)cccc1Cl. The van der Waals surface area contributed by atoms with Crippen molar-refractivity contribution in [2.45, 2.75) is 13.2 Å². The van der Waals surface area contributed by atoms with Crippen molar-refractivity contribution in [3.63, 3.8) is 0 Å². The molecule has 0 aromatic heterocycles. The average molecular weight is 338 g/mol. The fraction of sp³-hybridized carbons (Fsp3) is 0.188. The third-order valence-corrected chi connectivity index (χ3v) is 4.03. The van der Waals surface area contributed by atoms with Crippen LogP contribution in [-0.2, 0) is 17.9 Å². The molecule has 1 aliphatic heterocycles. The Bertz CT molecular complexity index is 698. The van der Waals surface area contributed by atoms with Crippen LogP contribution in [0.2, 0.25) is 10.0 Å². The van der Waals surface area contributed by atoms with Gasteiger partial charge in [-0.15, -0.1) is 0 Å². The Labute approximate surface area is 137 Å². The molecule has 3 rings (SSSR count). The molecule has 2 aromatic carbocycles. The average Bonchev–Trinajstić information content (AvgIpc) is 2.52. The summed E-state index contributed by atoms with van der Waals surface area (Å²) in [4.78, 5) is 12.3. The van der Waals surface area contributed by atoms with Gasteiger partial charge in [0.05, 0.1) is 22.2 Å². The summed E-state index contributed by atoms with van der Waals surface area (Å²) < 4.78 is 10.7. The van der Waals surface area contributed by atoms with Gasteiger partial charge in [-0.1, -0.05) is 41.4 Å². The summed E-state index contributed by atoms with van der Waals surface area (Å²) in [5.74, 6) is 0.472. The van der Waals surface area contributed by atoms with Crippen molar-refractivity contribution in [1.29, 1.82) is 0 Å². The van der Waals surface area contributed by atoms with Crippen LogP contribution in [-0.4, -0.2) is 12.7 Å². The van der Waals surface area contributed by atoms with E-state index in [-0.39, 0.29) is 18.3 Å². The Kier molecular flexibility index (Phi) is 4.52. The van der Waals surface area contributed by atoms with Gasteiger partial charge in [0.2, 0.25) is 0 Å². The minimum Gasteiger partial charge on any atom is -0.467 e. The first-order valence-electron chi connectivity index (χ1n) is 6.70. The molecule has 1 aliphatic rings. The number of ether oxygens (including phenoxy) is 2. The molecule has 1 N–H and O–H groups in total. The molecule has 0 aliphatic carbocycles. The molecule has 4 nitrogen and oxygen atoms in total. The number of benzene rings is 2. The lowest BCUT2D eigenvalue weighted by molar-refractivity contribution is -0.0168. The quantitative estimate of drug-likeness (QED) is 0.926. The highest BCUT2D eigenvalue weighted by Crippen LogP contribution is 2.27. The maximum absolute atomic E-state index is 12.3. The number of halogens is 2. The van der Waals surface area contributed by atoms with Gasteiger partial charge in [0.1, 0.15) is 5.75 Å². The molecule has 0 spiro atoms. The number of amides is 1. The summed E-state index contributed by atoms with van der Waals surface area (Å²) in [6, 6.07) is 10.7. The fourth-order valence-electron chi connectivity index (χ4n) is 2.30. The maximum Gasteiger partial charge on any atom is 0.254 e. The first-order valence-corrected chi connectivity index (χ1v) is 7.46. The van der Waals surface area contributed by atoms with Gasteiger partial charge in [0, 0.05) is 12.1 Å². The normalized spacial score (nSPS) is 13.2. The second-order valence-electron chi connectivity index (χ2n) is 4.78. The number of hydrogen-bond donors (Lipinski definition) is 1. The topological polar surface area (TPSA) is 47.6 Å². The number of carbonyl (C=O) groups excluding carboxylic acids is 1. The highest BCUT2D eigenvalue weighted by Gasteiger charge is 2.17. The van der Waals surface area contributed by atoms with Gasteiger partial charge in [0.25, 0.3) is 5.91 Å². The van der Waals surface area contributed by atoms with E-state index in [1.807, 2.05) is 18.2 Å². The van der Waals surface area contributed by atoms with E-state index < -0.39 is 0 Å². The maximum atomic E-state index is 12.3. The van der Waals surface area contributed by atoms with Crippen molar-refractivity contribution in [3.05, 3.63) is 63.1 Å². The minimum absolute atomic E-state index is 0.248. The number of nitrogens with one attached hydrogen (secondary N) is 1. The van der Waals surface area contributed by atoms with Crippen LogP contribution in [0.15, 0.2) is 36.4 Å². The van der Waals surface area contributed by atoms with Crippen molar-refractivity contribution < 1.29 is 14.3 Å². The van der Waals surface area contributed by atoms with E-state index in [4.69, 9.17) is 32.7 Å². The zero-order valence-corrected chi connectivity index (χ0v) is 13.1. The van der Waals surface area contributed by atoms with Crippen molar-refractivity contribution in [3.8, 4) is 5.75 Å². The highest BCUT2D eigenvalue weighted by atomic mass is 35.5. The van der Waals surface area contributed by atoms with E-state index in [0.29, 0.717) is 23.2 Å². The third kappa shape index (κ3) is 3.04.